The Bertz CT molecular complexity index is 439. The Kier molecular flexibility index (Phi) is 3.67. The third-order valence-electron chi connectivity index (χ3n) is 1.86. The lowest BCUT2D eigenvalue weighted by atomic mass is 10.3. The zero-order valence-corrected chi connectivity index (χ0v) is 8.93. The molecule has 0 fully saturated rings. The topological polar surface area (TPSA) is 77.3 Å². The van der Waals surface area contributed by atoms with Gasteiger partial charge in [-0.3, -0.25) is 10.1 Å². The zero-order chi connectivity index (χ0) is 12.1. The molecule has 1 N–H and O–H groups in total. The van der Waals surface area contributed by atoms with Gasteiger partial charge in [-0.25, -0.2) is 0 Å². The van der Waals surface area contributed by atoms with Crippen LogP contribution in [0.1, 0.15) is 6.92 Å². The van der Waals surface area contributed by atoms with Crippen LogP contribution >= 0.6 is 0 Å². The Hall–Kier alpha value is -2.29. The molecule has 1 aromatic rings. The van der Waals surface area contributed by atoms with E-state index in [0.29, 0.717) is 0 Å². The third-order valence-corrected chi connectivity index (χ3v) is 1.86. The Morgan fingerprint density at radius 1 is 1.69 bits per heavy atom. The third kappa shape index (κ3) is 2.60. The number of nitro groups is 1. The summed E-state index contributed by atoms with van der Waals surface area (Å²) in [6.45, 7) is 1.70. The maximum absolute atomic E-state index is 10.7. The minimum atomic E-state index is -0.530. The fourth-order valence-electron chi connectivity index (χ4n) is 1.05. The van der Waals surface area contributed by atoms with E-state index in [-0.39, 0.29) is 23.4 Å². The van der Waals surface area contributed by atoms with E-state index in [0.717, 1.165) is 0 Å². The summed E-state index contributed by atoms with van der Waals surface area (Å²) in [6, 6.07) is 2.39. The number of terminal acetylenes is 1. The number of methoxy groups -OCH3 is 1. The van der Waals surface area contributed by atoms with Crippen LogP contribution in [0.2, 0.25) is 0 Å². The van der Waals surface area contributed by atoms with Gasteiger partial charge in [-0.1, -0.05) is 5.92 Å². The maximum atomic E-state index is 10.7. The first-order chi connectivity index (χ1) is 7.58. The number of hydrogen-bond donors (Lipinski definition) is 1. The molecule has 0 aliphatic rings. The number of hydrogen-bond acceptors (Lipinski definition) is 5. The van der Waals surface area contributed by atoms with Gasteiger partial charge in [0.1, 0.15) is 0 Å². The molecule has 0 aliphatic heterocycles. The highest BCUT2D eigenvalue weighted by Gasteiger charge is 2.17. The largest absolute Gasteiger partial charge is 0.481 e. The van der Waals surface area contributed by atoms with Gasteiger partial charge < -0.3 is 10.1 Å². The van der Waals surface area contributed by atoms with Crippen molar-refractivity contribution in [3.05, 3.63) is 22.2 Å². The first kappa shape index (κ1) is 11.8. The average Bonchev–Trinajstić information content (AvgIpc) is 2.28. The van der Waals surface area contributed by atoms with Gasteiger partial charge in [-0.2, -0.15) is 4.98 Å². The van der Waals surface area contributed by atoms with Crippen LogP contribution < -0.4 is 10.1 Å². The molecule has 1 atom stereocenters. The second-order valence-electron chi connectivity index (χ2n) is 3.01. The first-order valence-corrected chi connectivity index (χ1v) is 4.50. The molecule has 1 unspecified atom stereocenters. The summed E-state index contributed by atoms with van der Waals surface area (Å²) in [7, 11) is 1.43. The van der Waals surface area contributed by atoms with Crippen LogP contribution in [-0.2, 0) is 0 Å². The molecule has 1 heterocycles. The molecule has 84 valence electrons. The lowest BCUT2D eigenvalue weighted by Gasteiger charge is -2.09. The van der Waals surface area contributed by atoms with Crippen LogP contribution in [-0.4, -0.2) is 23.1 Å². The molecule has 1 rings (SSSR count). The Morgan fingerprint density at radius 3 is 2.88 bits per heavy atom. The average molecular weight is 221 g/mol. The molecule has 0 spiro atoms. The summed E-state index contributed by atoms with van der Waals surface area (Å²) in [5.41, 5.74) is -0.136. The SMILES string of the molecule is C#CC(C)Nc1nc(OC)ccc1[N+](=O)[O-]. The minimum absolute atomic E-state index is 0.106. The molecule has 1 aromatic heterocycles. The zero-order valence-electron chi connectivity index (χ0n) is 8.93. The van der Waals surface area contributed by atoms with Crippen molar-refractivity contribution < 1.29 is 9.66 Å². The number of ether oxygens (including phenoxy) is 1. The fraction of sp³-hybridized carbons (Fsp3) is 0.300. The number of aromatic nitrogens is 1. The smallest absolute Gasteiger partial charge is 0.311 e. The summed E-state index contributed by atoms with van der Waals surface area (Å²) in [4.78, 5) is 14.1. The Morgan fingerprint density at radius 2 is 2.38 bits per heavy atom. The normalized spacial score (nSPS) is 11.3. The van der Waals surface area contributed by atoms with Gasteiger partial charge in [-0.15, -0.1) is 6.42 Å². The highest BCUT2D eigenvalue weighted by molar-refractivity contribution is 5.58. The Balaban J connectivity index is 3.11. The van der Waals surface area contributed by atoms with Crippen LogP contribution in [0, 0.1) is 22.5 Å². The number of rotatable bonds is 4. The minimum Gasteiger partial charge on any atom is -0.481 e. The molecule has 0 aromatic carbocycles. The van der Waals surface area contributed by atoms with E-state index >= 15 is 0 Å². The van der Waals surface area contributed by atoms with Crippen molar-refractivity contribution in [2.24, 2.45) is 0 Å². The monoisotopic (exact) mass is 221 g/mol. The van der Waals surface area contributed by atoms with Gasteiger partial charge in [-0.05, 0) is 6.92 Å². The van der Waals surface area contributed by atoms with E-state index in [1.165, 1.54) is 19.2 Å². The molecular formula is C10H11N3O3. The van der Waals surface area contributed by atoms with Crippen LogP contribution in [0.3, 0.4) is 0 Å². The van der Waals surface area contributed by atoms with Gasteiger partial charge >= 0.3 is 5.69 Å². The predicted molar refractivity (Wildman–Crippen MR) is 59.4 cm³/mol. The van der Waals surface area contributed by atoms with E-state index in [1.54, 1.807) is 6.92 Å². The van der Waals surface area contributed by atoms with E-state index in [9.17, 15) is 10.1 Å². The molecule has 0 aliphatic carbocycles. The van der Waals surface area contributed by atoms with Crippen LogP contribution in [0.5, 0.6) is 5.88 Å². The maximum Gasteiger partial charge on any atom is 0.311 e. The summed E-state index contributed by atoms with van der Waals surface area (Å²) in [6.07, 6.45) is 5.18. The second-order valence-corrected chi connectivity index (χ2v) is 3.01. The van der Waals surface area contributed by atoms with Gasteiger partial charge in [0.05, 0.1) is 18.1 Å². The first-order valence-electron chi connectivity index (χ1n) is 4.50. The van der Waals surface area contributed by atoms with Crippen molar-refractivity contribution in [3.8, 4) is 18.2 Å². The van der Waals surface area contributed by atoms with Crippen LogP contribution in [0.4, 0.5) is 11.5 Å². The predicted octanol–water partition coefficient (Wildman–Crippen LogP) is 1.43. The molecule has 0 saturated heterocycles. The van der Waals surface area contributed by atoms with Crippen molar-refractivity contribution in [3.63, 3.8) is 0 Å². The summed E-state index contributed by atoms with van der Waals surface area (Å²) in [5, 5.41) is 13.5. The number of anilines is 1. The van der Waals surface area contributed by atoms with Crippen molar-refractivity contribution >= 4 is 11.5 Å². The van der Waals surface area contributed by atoms with E-state index in [1.807, 2.05) is 0 Å². The highest BCUT2D eigenvalue weighted by atomic mass is 16.6. The van der Waals surface area contributed by atoms with Gasteiger partial charge in [0, 0.05) is 12.1 Å². The highest BCUT2D eigenvalue weighted by Crippen LogP contribution is 2.25. The van der Waals surface area contributed by atoms with Crippen LogP contribution in [0.15, 0.2) is 12.1 Å². The number of nitrogens with one attached hydrogen (secondary N) is 1. The van der Waals surface area contributed by atoms with Gasteiger partial charge in [0.25, 0.3) is 0 Å². The Labute approximate surface area is 92.8 Å². The fourth-order valence-corrected chi connectivity index (χ4v) is 1.05. The molecule has 0 radical (unpaired) electrons. The summed E-state index contributed by atoms with van der Waals surface area (Å²) in [5.74, 6) is 2.80. The molecule has 16 heavy (non-hydrogen) atoms. The van der Waals surface area contributed by atoms with Crippen molar-refractivity contribution in [1.82, 2.24) is 4.98 Å². The van der Waals surface area contributed by atoms with Crippen molar-refractivity contribution in [2.45, 2.75) is 13.0 Å². The summed E-state index contributed by atoms with van der Waals surface area (Å²) >= 11 is 0. The second kappa shape index (κ2) is 4.98. The standard InChI is InChI=1S/C10H11N3O3/c1-4-7(2)11-10-8(13(14)15)5-6-9(12-10)16-3/h1,5-7H,2-3H3,(H,11,12). The van der Waals surface area contributed by atoms with Crippen molar-refractivity contribution in [1.29, 1.82) is 0 Å². The number of pyridine rings is 1. The van der Waals surface area contributed by atoms with Crippen molar-refractivity contribution in [2.75, 3.05) is 12.4 Å². The summed E-state index contributed by atoms with van der Waals surface area (Å²) < 4.78 is 4.88. The van der Waals surface area contributed by atoms with Gasteiger partial charge in [0.15, 0.2) is 0 Å². The van der Waals surface area contributed by atoms with E-state index < -0.39 is 4.92 Å². The molecule has 0 amide bonds. The molecule has 6 heteroatoms. The van der Waals surface area contributed by atoms with E-state index in [2.05, 4.69) is 16.2 Å². The number of nitrogens with zero attached hydrogens (tertiary/aromatic N) is 2. The van der Waals surface area contributed by atoms with E-state index in [4.69, 9.17) is 11.2 Å². The quantitative estimate of drug-likeness (QED) is 0.472. The molecule has 6 nitrogen and oxygen atoms in total. The lowest BCUT2D eigenvalue weighted by molar-refractivity contribution is -0.384. The lowest BCUT2D eigenvalue weighted by Crippen LogP contribution is -2.14. The van der Waals surface area contributed by atoms with Gasteiger partial charge in [0.2, 0.25) is 11.7 Å². The molecular weight excluding hydrogens is 210 g/mol. The molecule has 0 bridgehead atoms. The van der Waals surface area contributed by atoms with Crippen LogP contribution in [0.25, 0.3) is 0 Å². The molecule has 0 saturated carbocycles.